The number of hydrogen-bond donors (Lipinski definition) is 3. The van der Waals surface area contributed by atoms with Crippen molar-refractivity contribution in [1.29, 1.82) is 0 Å². The quantitative estimate of drug-likeness (QED) is 0.225. The highest BCUT2D eigenvalue weighted by molar-refractivity contribution is 6.31. The molecule has 0 aromatic heterocycles. The first-order valence-corrected chi connectivity index (χ1v) is 13.8. The monoisotopic (exact) mass is 546 g/mol. The predicted octanol–water partition coefficient (Wildman–Crippen LogP) is 5.55. The van der Waals surface area contributed by atoms with Crippen LogP contribution in [-0.2, 0) is 20.7 Å². The van der Waals surface area contributed by atoms with Crippen molar-refractivity contribution in [2.75, 3.05) is 32.1 Å². The van der Waals surface area contributed by atoms with Crippen LogP contribution in [0.2, 0.25) is 5.02 Å². The maximum atomic E-state index is 12.9. The van der Waals surface area contributed by atoms with Gasteiger partial charge in [-0.25, -0.2) is 4.79 Å². The number of nitrogens with one attached hydrogen (secondary N) is 1. The summed E-state index contributed by atoms with van der Waals surface area (Å²) in [6.07, 6.45) is 2.74. The fourth-order valence-corrected chi connectivity index (χ4v) is 4.30. The molecule has 0 aliphatic rings. The van der Waals surface area contributed by atoms with Gasteiger partial charge in [-0.15, -0.1) is 0 Å². The molecule has 3 N–H and O–H groups in total. The number of carbonyl (C=O) groups is 2. The Morgan fingerprint density at radius 2 is 1.66 bits per heavy atom. The molecule has 0 aliphatic carbocycles. The number of halogens is 1. The summed E-state index contributed by atoms with van der Waals surface area (Å²) < 4.78 is 5.60. The van der Waals surface area contributed by atoms with E-state index >= 15 is 0 Å². The minimum atomic E-state index is -1.90. The summed E-state index contributed by atoms with van der Waals surface area (Å²) in [6.45, 7) is 7.62. The van der Waals surface area contributed by atoms with Crippen LogP contribution in [0.1, 0.15) is 60.8 Å². The van der Waals surface area contributed by atoms with Crippen LogP contribution in [0, 0.1) is 20.8 Å². The van der Waals surface area contributed by atoms with Crippen LogP contribution in [0.5, 0.6) is 0 Å². The molecule has 0 spiro atoms. The molecule has 0 saturated heterocycles. The van der Waals surface area contributed by atoms with Gasteiger partial charge in [0, 0.05) is 37.5 Å². The largest absolute Gasteiger partial charge is 0.479 e. The highest BCUT2D eigenvalue weighted by atomic mass is 35.5. The van der Waals surface area contributed by atoms with Crippen molar-refractivity contribution in [3.63, 3.8) is 0 Å². The normalized spacial score (nSPS) is 12.7. The van der Waals surface area contributed by atoms with Crippen LogP contribution in [0.15, 0.2) is 36.4 Å². The molecule has 38 heavy (non-hydrogen) atoms. The number of aliphatic carboxylic acids is 1. The Balaban J connectivity index is 1.69. The van der Waals surface area contributed by atoms with Gasteiger partial charge in [0.2, 0.25) is 0 Å². The van der Waals surface area contributed by atoms with Crippen molar-refractivity contribution < 1.29 is 24.5 Å². The molecule has 2 rings (SSSR count). The summed E-state index contributed by atoms with van der Waals surface area (Å²) in [7, 11) is 1.61. The molecule has 0 fully saturated rings. The van der Waals surface area contributed by atoms with Crippen LogP contribution in [0.4, 0.5) is 5.69 Å². The second-order valence-electron chi connectivity index (χ2n) is 10.0. The maximum absolute atomic E-state index is 12.9. The van der Waals surface area contributed by atoms with Crippen LogP contribution >= 0.6 is 11.6 Å². The summed E-state index contributed by atoms with van der Waals surface area (Å²) in [4.78, 5) is 25.7. The number of rotatable bonds is 17. The van der Waals surface area contributed by atoms with E-state index in [1.807, 2.05) is 25.1 Å². The van der Waals surface area contributed by atoms with Gasteiger partial charge in [0.1, 0.15) is 0 Å². The average Bonchev–Trinajstić information content (AvgIpc) is 2.88. The molecule has 7 nitrogen and oxygen atoms in total. The Labute approximate surface area is 232 Å². The number of ether oxygens (including phenoxy) is 1. The Hall–Kier alpha value is -2.61. The van der Waals surface area contributed by atoms with Gasteiger partial charge in [0.25, 0.3) is 5.91 Å². The van der Waals surface area contributed by atoms with Gasteiger partial charge < -0.3 is 25.2 Å². The Morgan fingerprint density at radius 3 is 2.34 bits per heavy atom. The van der Waals surface area contributed by atoms with Crippen LogP contribution in [0.3, 0.4) is 0 Å². The van der Waals surface area contributed by atoms with Crippen LogP contribution < -0.4 is 5.32 Å². The molecule has 0 saturated carbocycles. The van der Waals surface area contributed by atoms with Gasteiger partial charge in [-0.1, -0.05) is 42.3 Å². The van der Waals surface area contributed by atoms with Crippen LogP contribution in [-0.4, -0.2) is 65.9 Å². The minimum absolute atomic E-state index is 0.218. The molecule has 2 atom stereocenters. The fraction of sp³-hybridized carbons (Fsp3) is 0.533. The summed E-state index contributed by atoms with van der Waals surface area (Å²) in [5.74, 6) is -1.98. The van der Waals surface area contributed by atoms with Gasteiger partial charge in [-0.05, 0) is 93.7 Å². The topological polar surface area (TPSA) is 99.1 Å². The lowest BCUT2D eigenvalue weighted by Gasteiger charge is -2.25. The number of hydrogen-bond acceptors (Lipinski definition) is 5. The second-order valence-corrected chi connectivity index (χ2v) is 10.4. The van der Waals surface area contributed by atoms with E-state index in [1.54, 1.807) is 7.05 Å². The number of nitrogens with zero attached hydrogens (tertiary/aromatic N) is 1. The minimum Gasteiger partial charge on any atom is -0.479 e. The number of unbranched alkanes of at least 4 members (excludes halogenated alkanes) is 4. The molecule has 0 bridgehead atoms. The van der Waals surface area contributed by atoms with Gasteiger partial charge in [-0.2, -0.15) is 0 Å². The number of likely N-dealkylation sites (N-methyl/N-ethyl adjacent to an activating group) is 1. The standard InChI is InChI=1S/C30H43ClN2O5/c1-21-12-14-24(19-23(21)3)11-7-5-10-18-38-28(27(34)30(36)37)29(35)33(4)17-9-6-8-16-32-25-15-13-22(2)26(31)20-25/h12-15,19-20,27-28,32,34H,5-11,16-18H2,1-4H3,(H,36,37). The van der Waals surface area contributed by atoms with Crippen molar-refractivity contribution in [3.05, 3.63) is 63.7 Å². The third-order valence-electron chi connectivity index (χ3n) is 6.81. The zero-order valence-corrected chi connectivity index (χ0v) is 23.9. The number of aliphatic hydroxyl groups excluding tert-OH is 1. The first-order valence-electron chi connectivity index (χ1n) is 13.4. The number of anilines is 1. The molecule has 8 heteroatoms. The molecular weight excluding hydrogens is 504 g/mol. The van der Waals surface area contributed by atoms with Gasteiger partial charge in [0.15, 0.2) is 12.2 Å². The molecule has 0 radical (unpaired) electrons. The van der Waals surface area contributed by atoms with Crippen molar-refractivity contribution in [3.8, 4) is 0 Å². The smallest absolute Gasteiger partial charge is 0.335 e. The lowest BCUT2D eigenvalue weighted by atomic mass is 10.0. The molecule has 2 aromatic rings. The van der Waals surface area contributed by atoms with Crippen molar-refractivity contribution in [2.45, 2.75) is 77.9 Å². The lowest BCUT2D eigenvalue weighted by molar-refractivity contribution is -0.166. The zero-order valence-electron chi connectivity index (χ0n) is 23.1. The SMILES string of the molecule is Cc1ccc(CCCCCOC(C(=O)N(C)CCCCCNc2ccc(C)c(Cl)c2)C(O)C(=O)O)cc1C. The number of benzene rings is 2. The number of aryl methyl sites for hydroxylation is 4. The van der Waals surface area contributed by atoms with Crippen molar-refractivity contribution >= 4 is 29.2 Å². The first-order chi connectivity index (χ1) is 18.1. The summed E-state index contributed by atoms with van der Waals surface area (Å²) in [5, 5.41) is 23.4. The lowest BCUT2D eigenvalue weighted by Crippen LogP contribution is -2.48. The van der Waals surface area contributed by atoms with E-state index in [0.29, 0.717) is 13.0 Å². The molecule has 0 aliphatic heterocycles. The summed E-state index contributed by atoms with van der Waals surface area (Å²) in [5.41, 5.74) is 5.86. The third-order valence-corrected chi connectivity index (χ3v) is 7.22. The molecule has 2 unspecified atom stereocenters. The number of carbonyl (C=O) groups excluding carboxylic acids is 1. The maximum Gasteiger partial charge on any atom is 0.335 e. The molecule has 2 aromatic carbocycles. The molecule has 0 heterocycles. The van der Waals surface area contributed by atoms with Gasteiger partial charge in [-0.3, -0.25) is 4.79 Å². The third kappa shape index (κ3) is 10.6. The highest BCUT2D eigenvalue weighted by Gasteiger charge is 2.34. The predicted molar refractivity (Wildman–Crippen MR) is 153 cm³/mol. The van der Waals surface area contributed by atoms with E-state index < -0.39 is 24.1 Å². The Kier molecular flexibility index (Phi) is 13.6. The van der Waals surface area contributed by atoms with E-state index in [9.17, 15) is 19.8 Å². The van der Waals surface area contributed by atoms with E-state index in [4.69, 9.17) is 16.3 Å². The average molecular weight is 547 g/mol. The van der Waals surface area contributed by atoms with Crippen molar-refractivity contribution in [1.82, 2.24) is 4.90 Å². The Morgan fingerprint density at radius 1 is 0.947 bits per heavy atom. The highest BCUT2D eigenvalue weighted by Crippen LogP contribution is 2.20. The zero-order chi connectivity index (χ0) is 28.1. The molecule has 210 valence electrons. The first kappa shape index (κ1) is 31.6. The van der Waals surface area contributed by atoms with E-state index in [1.165, 1.54) is 21.6 Å². The summed E-state index contributed by atoms with van der Waals surface area (Å²) in [6, 6.07) is 12.3. The van der Waals surface area contributed by atoms with Crippen LogP contribution in [0.25, 0.3) is 0 Å². The number of amides is 1. The second kappa shape index (κ2) is 16.4. The molecule has 1 amide bonds. The van der Waals surface area contributed by atoms with E-state index in [-0.39, 0.29) is 6.61 Å². The number of carboxylic acid groups (broad SMARTS) is 1. The van der Waals surface area contributed by atoms with E-state index in [0.717, 1.165) is 61.3 Å². The van der Waals surface area contributed by atoms with Crippen molar-refractivity contribution in [2.24, 2.45) is 0 Å². The molecular formula is C30H43ClN2O5. The van der Waals surface area contributed by atoms with E-state index in [2.05, 4.69) is 37.4 Å². The Bertz CT molecular complexity index is 1050. The summed E-state index contributed by atoms with van der Waals surface area (Å²) >= 11 is 6.15. The fourth-order valence-electron chi connectivity index (χ4n) is 4.12. The van der Waals surface area contributed by atoms with Gasteiger partial charge in [0.05, 0.1) is 0 Å². The van der Waals surface area contributed by atoms with Gasteiger partial charge >= 0.3 is 5.97 Å². The number of carboxylic acids is 1. The number of aliphatic hydroxyl groups is 1.